The van der Waals surface area contributed by atoms with Crippen molar-refractivity contribution in [2.75, 3.05) is 27.3 Å². The van der Waals surface area contributed by atoms with E-state index in [0.717, 1.165) is 24.9 Å². The molecular weight excluding hydrogens is 268 g/mol. The van der Waals surface area contributed by atoms with Gasteiger partial charge in [-0.1, -0.05) is 6.07 Å². The lowest BCUT2D eigenvalue weighted by Gasteiger charge is -2.24. The summed E-state index contributed by atoms with van der Waals surface area (Å²) < 4.78 is 10.5. The molecule has 5 nitrogen and oxygen atoms in total. The Morgan fingerprint density at radius 3 is 2.67 bits per heavy atom. The maximum atomic E-state index is 12.5. The molecule has 0 aromatic heterocycles. The average Bonchev–Trinajstić information content (AvgIpc) is 3.06. The van der Waals surface area contributed by atoms with Crippen molar-refractivity contribution in [3.8, 4) is 11.5 Å². The Bertz CT molecular complexity index is 484. The summed E-state index contributed by atoms with van der Waals surface area (Å²) >= 11 is 0. The first-order valence-electron chi connectivity index (χ1n) is 7.42. The molecule has 1 unspecified atom stereocenters. The number of nitrogens with one attached hydrogen (secondary N) is 1. The number of ether oxygens (including phenoxy) is 2. The van der Waals surface area contributed by atoms with Gasteiger partial charge in [-0.2, -0.15) is 0 Å². The topological polar surface area (TPSA) is 50.8 Å². The molecule has 1 N–H and O–H groups in total. The van der Waals surface area contributed by atoms with E-state index in [9.17, 15) is 4.79 Å². The number of nitrogens with zero attached hydrogens (tertiary/aromatic N) is 1. The highest BCUT2D eigenvalue weighted by atomic mass is 16.5. The largest absolute Gasteiger partial charge is 0.493 e. The molecule has 1 aromatic carbocycles. The zero-order chi connectivity index (χ0) is 15.2. The second-order valence-corrected chi connectivity index (χ2v) is 5.19. The van der Waals surface area contributed by atoms with Crippen molar-refractivity contribution in [3.05, 3.63) is 23.8 Å². The summed E-state index contributed by atoms with van der Waals surface area (Å²) in [6, 6.07) is 5.75. The maximum Gasteiger partial charge on any atom is 0.239 e. The lowest BCUT2D eigenvalue weighted by atomic mass is 10.1. The molecular formula is C16H24N2O3. The molecule has 21 heavy (non-hydrogen) atoms. The van der Waals surface area contributed by atoms with Crippen LogP contribution in [0.3, 0.4) is 0 Å². The first kappa shape index (κ1) is 15.6. The highest BCUT2D eigenvalue weighted by Gasteiger charge is 2.26. The van der Waals surface area contributed by atoms with Crippen LogP contribution in [0.1, 0.15) is 25.3 Å². The van der Waals surface area contributed by atoms with Crippen molar-refractivity contribution in [1.82, 2.24) is 10.2 Å². The van der Waals surface area contributed by atoms with E-state index in [-0.39, 0.29) is 11.9 Å². The summed E-state index contributed by atoms with van der Waals surface area (Å²) in [5.41, 5.74) is 1.04. The molecule has 2 rings (SSSR count). The van der Waals surface area contributed by atoms with E-state index >= 15 is 0 Å². The van der Waals surface area contributed by atoms with Gasteiger partial charge in [-0.3, -0.25) is 4.79 Å². The SMILES string of the molecule is CCN(Cc1ccc(OC)c(OC)c1)C(=O)C1CCCN1. The van der Waals surface area contributed by atoms with Gasteiger partial charge in [0.15, 0.2) is 11.5 Å². The van der Waals surface area contributed by atoms with Crippen molar-refractivity contribution < 1.29 is 14.3 Å². The smallest absolute Gasteiger partial charge is 0.239 e. The average molecular weight is 292 g/mol. The number of hydrogen-bond acceptors (Lipinski definition) is 4. The quantitative estimate of drug-likeness (QED) is 0.869. The molecule has 116 valence electrons. The highest BCUT2D eigenvalue weighted by Crippen LogP contribution is 2.28. The second-order valence-electron chi connectivity index (χ2n) is 5.19. The van der Waals surface area contributed by atoms with Gasteiger partial charge >= 0.3 is 0 Å². The number of benzene rings is 1. The van der Waals surface area contributed by atoms with Crippen molar-refractivity contribution >= 4 is 5.91 Å². The Balaban J connectivity index is 2.09. The van der Waals surface area contributed by atoms with Crippen LogP contribution >= 0.6 is 0 Å². The van der Waals surface area contributed by atoms with Gasteiger partial charge in [0.25, 0.3) is 0 Å². The van der Waals surface area contributed by atoms with E-state index in [1.807, 2.05) is 30.0 Å². The summed E-state index contributed by atoms with van der Waals surface area (Å²) in [4.78, 5) is 14.3. The van der Waals surface area contributed by atoms with E-state index in [4.69, 9.17) is 9.47 Å². The Morgan fingerprint density at radius 1 is 1.33 bits per heavy atom. The molecule has 0 radical (unpaired) electrons. The molecule has 1 aliphatic heterocycles. The predicted octanol–water partition coefficient (Wildman–Crippen LogP) is 1.80. The van der Waals surface area contributed by atoms with E-state index in [1.165, 1.54) is 0 Å². The van der Waals surface area contributed by atoms with Gasteiger partial charge in [0.05, 0.1) is 20.3 Å². The normalized spacial score (nSPS) is 17.6. The van der Waals surface area contributed by atoms with Crippen LogP contribution in [-0.2, 0) is 11.3 Å². The molecule has 0 spiro atoms. The third kappa shape index (κ3) is 3.67. The molecule has 1 aliphatic rings. The Kier molecular flexibility index (Phi) is 5.44. The van der Waals surface area contributed by atoms with E-state index in [1.54, 1.807) is 14.2 Å². The van der Waals surface area contributed by atoms with E-state index < -0.39 is 0 Å². The van der Waals surface area contributed by atoms with Gasteiger partial charge < -0.3 is 19.7 Å². The van der Waals surface area contributed by atoms with Crippen LogP contribution in [0.15, 0.2) is 18.2 Å². The fourth-order valence-electron chi connectivity index (χ4n) is 2.66. The summed E-state index contributed by atoms with van der Waals surface area (Å²) in [6.07, 6.45) is 2.01. The van der Waals surface area contributed by atoms with Crippen LogP contribution in [0.4, 0.5) is 0 Å². The van der Waals surface area contributed by atoms with Gasteiger partial charge in [0.2, 0.25) is 5.91 Å². The molecule has 1 heterocycles. The van der Waals surface area contributed by atoms with Gasteiger partial charge in [-0.15, -0.1) is 0 Å². The first-order valence-corrected chi connectivity index (χ1v) is 7.42. The molecule has 5 heteroatoms. The first-order chi connectivity index (χ1) is 10.2. The molecule has 0 aliphatic carbocycles. The third-order valence-electron chi connectivity index (χ3n) is 3.87. The van der Waals surface area contributed by atoms with Crippen molar-refractivity contribution in [2.45, 2.75) is 32.4 Å². The lowest BCUT2D eigenvalue weighted by molar-refractivity contribution is -0.133. The Hall–Kier alpha value is -1.75. The Morgan fingerprint density at radius 2 is 2.10 bits per heavy atom. The molecule has 1 atom stereocenters. The predicted molar refractivity (Wildman–Crippen MR) is 81.7 cm³/mol. The van der Waals surface area contributed by atoms with Gasteiger partial charge in [0, 0.05) is 13.1 Å². The van der Waals surface area contributed by atoms with Gasteiger partial charge in [-0.05, 0) is 44.0 Å². The minimum atomic E-state index is -0.0231. The number of likely N-dealkylation sites (N-methyl/N-ethyl adjacent to an activating group) is 1. The zero-order valence-electron chi connectivity index (χ0n) is 13.0. The summed E-state index contributed by atoms with van der Waals surface area (Å²) in [5.74, 6) is 1.58. The molecule has 1 amide bonds. The minimum Gasteiger partial charge on any atom is -0.493 e. The van der Waals surface area contributed by atoms with Crippen molar-refractivity contribution in [2.24, 2.45) is 0 Å². The number of amides is 1. The maximum absolute atomic E-state index is 12.5. The number of methoxy groups -OCH3 is 2. The van der Waals surface area contributed by atoms with Crippen LogP contribution in [0.5, 0.6) is 11.5 Å². The number of carbonyl (C=O) groups excluding carboxylic acids is 1. The van der Waals surface area contributed by atoms with E-state index in [2.05, 4.69) is 5.32 Å². The molecule has 0 saturated carbocycles. The molecule has 1 fully saturated rings. The summed E-state index contributed by atoms with van der Waals surface area (Å²) in [6.45, 7) is 4.23. The molecule has 1 saturated heterocycles. The zero-order valence-corrected chi connectivity index (χ0v) is 13.0. The summed E-state index contributed by atoms with van der Waals surface area (Å²) in [7, 11) is 3.23. The van der Waals surface area contributed by atoms with Crippen LogP contribution in [0, 0.1) is 0 Å². The van der Waals surface area contributed by atoms with Crippen molar-refractivity contribution in [3.63, 3.8) is 0 Å². The fourth-order valence-corrected chi connectivity index (χ4v) is 2.66. The molecule has 1 aromatic rings. The van der Waals surface area contributed by atoms with Crippen LogP contribution in [-0.4, -0.2) is 44.2 Å². The number of hydrogen-bond donors (Lipinski definition) is 1. The minimum absolute atomic E-state index is 0.0231. The Labute approximate surface area is 126 Å². The van der Waals surface area contributed by atoms with Crippen LogP contribution in [0.25, 0.3) is 0 Å². The van der Waals surface area contributed by atoms with Crippen LogP contribution in [0.2, 0.25) is 0 Å². The van der Waals surface area contributed by atoms with Crippen LogP contribution < -0.4 is 14.8 Å². The van der Waals surface area contributed by atoms with Crippen molar-refractivity contribution in [1.29, 1.82) is 0 Å². The molecule has 0 bridgehead atoms. The fraction of sp³-hybridized carbons (Fsp3) is 0.562. The number of carbonyl (C=O) groups is 1. The number of rotatable bonds is 6. The standard InChI is InChI=1S/C16H24N2O3/c1-4-18(16(19)13-6-5-9-17-13)11-12-7-8-14(20-2)15(10-12)21-3/h7-8,10,13,17H,4-6,9,11H2,1-3H3. The monoisotopic (exact) mass is 292 g/mol. The highest BCUT2D eigenvalue weighted by molar-refractivity contribution is 5.82. The lowest BCUT2D eigenvalue weighted by Crippen LogP contribution is -2.43. The van der Waals surface area contributed by atoms with Gasteiger partial charge in [0.1, 0.15) is 0 Å². The second kappa shape index (κ2) is 7.31. The van der Waals surface area contributed by atoms with Gasteiger partial charge in [-0.25, -0.2) is 0 Å². The third-order valence-corrected chi connectivity index (χ3v) is 3.87. The summed E-state index contributed by atoms with van der Waals surface area (Å²) in [5, 5.41) is 3.26. The van der Waals surface area contributed by atoms with E-state index in [0.29, 0.717) is 24.6 Å².